The molecule has 3 heterocycles. The molecule has 0 saturated carbocycles. The van der Waals surface area contributed by atoms with E-state index >= 15 is 0 Å². The molecule has 3 atom stereocenters. The van der Waals surface area contributed by atoms with E-state index in [0.717, 1.165) is 29.8 Å². The summed E-state index contributed by atoms with van der Waals surface area (Å²) in [5.41, 5.74) is 1.97. The molecule has 1 aromatic heterocycles. The number of fused-ring (bicyclic) bond motifs is 1. The van der Waals surface area contributed by atoms with Crippen molar-refractivity contribution in [3.63, 3.8) is 0 Å². The minimum atomic E-state index is -0.763. The Morgan fingerprint density at radius 2 is 2.04 bits per heavy atom. The maximum atomic E-state index is 12.0. The predicted molar refractivity (Wildman–Crippen MR) is 95.6 cm³/mol. The van der Waals surface area contributed by atoms with Crippen LogP contribution in [-0.4, -0.2) is 41.9 Å². The summed E-state index contributed by atoms with van der Waals surface area (Å²) in [4.78, 5) is 16.3. The van der Waals surface area contributed by atoms with Gasteiger partial charge in [-0.1, -0.05) is 12.1 Å². The number of rotatable bonds is 5. The lowest BCUT2D eigenvalue weighted by Gasteiger charge is -2.23. The van der Waals surface area contributed by atoms with Crippen LogP contribution in [0.3, 0.4) is 0 Å². The van der Waals surface area contributed by atoms with Gasteiger partial charge in [0, 0.05) is 30.4 Å². The zero-order valence-electron chi connectivity index (χ0n) is 14.4. The second-order valence-corrected chi connectivity index (χ2v) is 6.75. The van der Waals surface area contributed by atoms with Crippen LogP contribution in [0, 0.1) is 5.92 Å². The molecule has 0 bridgehead atoms. The number of aliphatic carboxylic acids is 1. The van der Waals surface area contributed by atoms with Gasteiger partial charge in [0.15, 0.2) is 11.5 Å². The molecule has 0 spiro atoms. The van der Waals surface area contributed by atoms with E-state index in [-0.39, 0.29) is 12.0 Å². The molecule has 2 aliphatic heterocycles. The van der Waals surface area contributed by atoms with E-state index in [1.54, 1.807) is 6.20 Å². The molecule has 2 N–H and O–H groups in total. The Labute approximate surface area is 152 Å². The van der Waals surface area contributed by atoms with Crippen molar-refractivity contribution < 1.29 is 19.4 Å². The normalized spacial score (nSPS) is 24.4. The average molecular weight is 354 g/mol. The SMILES string of the molecule is O=C(O)[C@H]1C(CCc2ccccn2)NCC1c1ccc2c(c1)OCCO2. The number of pyridine rings is 1. The van der Waals surface area contributed by atoms with Crippen LogP contribution in [-0.2, 0) is 11.2 Å². The molecule has 1 aromatic carbocycles. The molecule has 0 amide bonds. The number of ether oxygens (including phenoxy) is 2. The highest BCUT2D eigenvalue weighted by atomic mass is 16.6. The summed E-state index contributed by atoms with van der Waals surface area (Å²) in [5, 5.41) is 13.2. The highest BCUT2D eigenvalue weighted by molar-refractivity contribution is 5.73. The third-order valence-electron chi connectivity index (χ3n) is 5.18. The number of benzene rings is 1. The van der Waals surface area contributed by atoms with Gasteiger partial charge in [0.1, 0.15) is 13.2 Å². The smallest absolute Gasteiger partial charge is 0.308 e. The molecule has 26 heavy (non-hydrogen) atoms. The summed E-state index contributed by atoms with van der Waals surface area (Å²) >= 11 is 0. The number of carboxylic acid groups (broad SMARTS) is 1. The standard InChI is InChI=1S/C20H22N2O4/c23-20(24)19-15(13-4-7-17-18(11-13)26-10-9-25-17)12-22-16(19)6-5-14-3-1-2-8-21-14/h1-4,7-8,11,15-16,19,22H,5-6,9-10,12H2,(H,23,24)/t15?,16?,19-/m1/s1. The first-order chi connectivity index (χ1) is 12.7. The summed E-state index contributed by atoms with van der Waals surface area (Å²) in [6, 6.07) is 11.5. The van der Waals surface area contributed by atoms with Gasteiger partial charge in [0.2, 0.25) is 0 Å². The first-order valence-corrected chi connectivity index (χ1v) is 8.98. The van der Waals surface area contributed by atoms with Crippen molar-refractivity contribution >= 4 is 5.97 Å². The number of nitrogens with one attached hydrogen (secondary N) is 1. The Balaban J connectivity index is 1.51. The monoisotopic (exact) mass is 354 g/mol. The van der Waals surface area contributed by atoms with Crippen molar-refractivity contribution in [2.45, 2.75) is 24.8 Å². The van der Waals surface area contributed by atoms with E-state index < -0.39 is 11.9 Å². The van der Waals surface area contributed by atoms with Gasteiger partial charge in [-0.25, -0.2) is 0 Å². The molecule has 2 unspecified atom stereocenters. The summed E-state index contributed by atoms with van der Waals surface area (Å²) in [7, 11) is 0. The third-order valence-corrected chi connectivity index (χ3v) is 5.18. The highest BCUT2D eigenvalue weighted by Gasteiger charge is 2.41. The van der Waals surface area contributed by atoms with E-state index in [1.165, 1.54) is 0 Å². The van der Waals surface area contributed by atoms with Crippen LogP contribution in [0.5, 0.6) is 11.5 Å². The van der Waals surface area contributed by atoms with Gasteiger partial charge < -0.3 is 19.9 Å². The van der Waals surface area contributed by atoms with E-state index in [2.05, 4.69) is 10.3 Å². The van der Waals surface area contributed by atoms with E-state index in [9.17, 15) is 9.90 Å². The van der Waals surface area contributed by atoms with Crippen molar-refractivity contribution in [3.05, 3.63) is 53.9 Å². The minimum absolute atomic E-state index is 0.0762. The van der Waals surface area contributed by atoms with Gasteiger partial charge in [0.05, 0.1) is 5.92 Å². The summed E-state index contributed by atoms with van der Waals surface area (Å²) in [5.74, 6) is 0.110. The van der Waals surface area contributed by atoms with Crippen LogP contribution in [0.25, 0.3) is 0 Å². The zero-order chi connectivity index (χ0) is 17.9. The average Bonchev–Trinajstić information content (AvgIpc) is 3.11. The third kappa shape index (κ3) is 3.37. The van der Waals surface area contributed by atoms with Gasteiger partial charge >= 0.3 is 5.97 Å². The van der Waals surface area contributed by atoms with E-state index in [1.807, 2.05) is 36.4 Å². The predicted octanol–water partition coefficient (Wildman–Crippen LogP) is 2.24. The number of nitrogens with zero attached hydrogens (tertiary/aromatic N) is 1. The first-order valence-electron chi connectivity index (χ1n) is 8.98. The Morgan fingerprint density at radius 1 is 1.19 bits per heavy atom. The van der Waals surface area contributed by atoms with E-state index in [4.69, 9.17) is 9.47 Å². The largest absolute Gasteiger partial charge is 0.486 e. The molecular weight excluding hydrogens is 332 g/mol. The Bertz CT molecular complexity index is 781. The van der Waals surface area contributed by atoms with Crippen molar-refractivity contribution in [3.8, 4) is 11.5 Å². The van der Waals surface area contributed by atoms with Crippen LogP contribution < -0.4 is 14.8 Å². The second kappa shape index (κ2) is 7.33. The minimum Gasteiger partial charge on any atom is -0.486 e. The number of hydrogen-bond donors (Lipinski definition) is 2. The van der Waals surface area contributed by atoms with Crippen LogP contribution in [0.4, 0.5) is 0 Å². The van der Waals surface area contributed by atoms with Crippen LogP contribution in [0.2, 0.25) is 0 Å². The molecule has 1 fully saturated rings. The van der Waals surface area contributed by atoms with Crippen LogP contribution >= 0.6 is 0 Å². The lowest BCUT2D eigenvalue weighted by atomic mass is 9.83. The van der Waals surface area contributed by atoms with Crippen LogP contribution in [0.1, 0.15) is 23.6 Å². The molecule has 0 aliphatic carbocycles. The molecular formula is C20H22N2O4. The quantitative estimate of drug-likeness (QED) is 0.857. The van der Waals surface area contributed by atoms with Crippen molar-refractivity contribution in [1.82, 2.24) is 10.3 Å². The molecule has 2 aromatic rings. The van der Waals surface area contributed by atoms with Gasteiger partial charge in [-0.2, -0.15) is 0 Å². The molecule has 136 valence electrons. The maximum Gasteiger partial charge on any atom is 0.308 e. The summed E-state index contributed by atoms with van der Waals surface area (Å²) < 4.78 is 11.2. The Kier molecular flexibility index (Phi) is 4.75. The molecule has 6 heteroatoms. The second-order valence-electron chi connectivity index (χ2n) is 6.75. The molecule has 0 radical (unpaired) electrons. The number of aryl methyl sites for hydroxylation is 1. The number of carbonyl (C=O) groups is 1. The van der Waals surface area contributed by atoms with Crippen LogP contribution in [0.15, 0.2) is 42.6 Å². The number of carboxylic acids is 1. The lowest BCUT2D eigenvalue weighted by molar-refractivity contribution is -0.142. The fourth-order valence-electron chi connectivity index (χ4n) is 3.90. The topological polar surface area (TPSA) is 80.7 Å². The number of hydrogen-bond acceptors (Lipinski definition) is 5. The molecule has 6 nitrogen and oxygen atoms in total. The Hall–Kier alpha value is -2.60. The molecule has 2 aliphatic rings. The number of aromatic nitrogens is 1. The zero-order valence-corrected chi connectivity index (χ0v) is 14.4. The van der Waals surface area contributed by atoms with Gasteiger partial charge in [-0.05, 0) is 42.7 Å². The lowest BCUT2D eigenvalue weighted by Crippen LogP contribution is -2.33. The van der Waals surface area contributed by atoms with Gasteiger partial charge in [0.25, 0.3) is 0 Å². The van der Waals surface area contributed by atoms with Gasteiger partial charge in [-0.15, -0.1) is 0 Å². The maximum absolute atomic E-state index is 12.0. The van der Waals surface area contributed by atoms with Crippen molar-refractivity contribution in [1.29, 1.82) is 0 Å². The van der Waals surface area contributed by atoms with E-state index in [0.29, 0.717) is 25.5 Å². The fraction of sp³-hybridized carbons (Fsp3) is 0.400. The first kappa shape index (κ1) is 16.8. The van der Waals surface area contributed by atoms with Crippen molar-refractivity contribution in [2.24, 2.45) is 5.92 Å². The Morgan fingerprint density at radius 3 is 2.81 bits per heavy atom. The fourth-order valence-corrected chi connectivity index (χ4v) is 3.90. The summed E-state index contributed by atoms with van der Waals surface area (Å²) in [6.45, 7) is 1.71. The summed E-state index contributed by atoms with van der Waals surface area (Å²) in [6.07, 6.45) is 3.27. The van der Waals surface area contributed by atoms with Crippen molar-refractivity contribution in [2.75, 3.05) is 19.8 Å². The molecule has 1 saturated heterocycles. The van der Waals surface area contributed by atoms with Gasteiger partial charge in [-0.3, -0.25) is 9.78 Å². The molecule has 4 rings (SSSR count). The highest BCUT2D eigenvalue weighted by Crippen LogP contribution is 2.39.